The Hall–Kier alpha value is -5.08. The zero-order valence-corrected chi connectivity index (χ0v) is 28.3. The molecule has 0 aliphatic carbocycles. The summed E-state index contributed by atoms with van der Waals surface area (Å²) in [6, 6.07) is 25.2. The van der Waals surface area contributed by atoms with Crippen LogP contribution in [-0.4, -0.2) is 75.3 Å². The molecular weight excluding hydrogens is 642 g/mol. The fourth-order valence-corrected chi connectivity index (χ4v) is 6.80. The lowest BCUT2D eigenvalue weighted by Gasteiger charge is -2.41. The first-order valence-corrected chi connectivity index (χ1v) is 16.4. The Bertz CT molecular complexity index is 2000. The molecule has 0 radical (unpaired) electrons. The van der Waals surface area contributed by atoms with Crippen molar-refractivity contribution in [3.05, 3.63) is 112 Å². The molecule has 2 fully saturated rings. The minimum absolute atomic E-state index is 0.0226. The van der Waals surface area contributed by atoms with E-state index in [0.29, 0.717) is 11.5 Å². The van der Waals surface area contributed by atoms with E-state index in [-0.39, 0.29) is 35.5 Å². The highest BCUT2D eigenvalue weighted by atomic mass is 16.7. The molecule has 2 aliphatic heterocycles. The number of aliphatic hydroxyl groups is 1. The maximum atomic E-state index is 12.9. The van der Waals surface area contributed by atoms with Crippen molar-refractivity contribution < 1.29 is 33.6 Å². The van der Waals surface area contributed by atoms with Crippen LogP contribution in [-0.2, 0) is 24.6 Å². The van der Waals surface area contributed by atoms with E-state index in [4.69, 9.17) is 23.7 Å². The summed E-state index contributed by atoms with van der Waals surface area (Å²) in [4.78, 5) is 36.7. The van der Waals surface area contributed by atoms with E-state index in [9.17, 15) is 14.7 Å². The maximum Gasteiger partial charge on any atom is 0.280 e. The normalized spacial score (nSPS) is 23.0. The van der Waals surface area contributed by atoms with E-state index < -0.39 is 41.3 Å². The number of methoxy groups -OCH3 is 2. The number of nitrogens with zero attached hydrogens (tertiary/aromatic N) is 3. The number of ether oxygens (including phenoxy) is 5. The van der Waals surface area contributed by atoms with Crippen LogP contribution in [0.4, 0.5) is 5.95 Å². The zero-order chi connectivity index (χ0) is 35.2. The highest BCUT2D eigenvalue weighted by molar-refractivity contribution is 5.91. The first kappa shape index (κ1) is 33.4. The van der Waals surface area contributed by atoms with Crippen molar-refractivity contribution in [1.29, 1.82) is 0 Å². The Labute approximate surface area is 288 Å². The predicted octanol–water partition coefficient (Wildman–Crippen LogP) is 4.16. The number of carbonyl (C=O) groups excluding carboxylic acids is 1. The molecule has 3 N–H and O–H groups in total. The second-order valence-electron chi connectivity index (χ2n) is 12.8. The number of aromatic nitrogens is 4. The number of aliphatic hydroxyl groups excluding tert-OH is 1. The fraction of sp³-hybridized carbons (Fsp3) is 0.351. The lowest BCUT2D eigenvalue weighted by atomic mass is 9.79. The van der Waals surface area contributed by atoms with E-state index in [1.54, 1.807) is 32.6 Å². The van der Waals surface area contributed by atoms with Crippen LogP contribution in [0.25, 0.3) is 11.2 Å². The fourth-order valence-electron chi connectivity index (χ4n) is 6.80. The van der Waals surface area contributed by atoms with E-state index in [1.165, 1.54) is 6.33 Å². The molecule has 5 aromatic rings. The Kier molecular flexibility index (Phi) is 8.68. The quantitative estimate of drug-likeness (QED) is 0.173. The number of benzene rings is 3. The monoisotopic (exact) mass is 681 g/mol. The lowest BCUT2D eigenvalue weighted by Crippen LogP contribution is -2.52. The second kappa shape index (κ2) is 13.0. The first-order chi connectivity index (χ1) is 24.1. The Balaban J connectivity index is 1.29. The molecule has 2 aliphatic rings. The zero-order valence-electron chi connectivity index (χ0n) is 28.3. The molecule has 13 heteroatoms. The highest BCUT2D eigenvalue weighted by Crippen LogP contribution is 2.51. The molecule has 7 rings (SSSR count). The smallest absolute Gasteiger partial charge is 0.280 e. The van der Waals surface area contributed by atoms with Crippen LogP contribution in [0, 0.1) is 5.92 Å². The summed E-state index contributed by atoms with van der Waals surface area (Å²) >= 11 is 0. The maximum absolute atomic E-state index is 12.9. The van der Waals surface area contributed by atoms with Gasteiger partial charge in [-0.3, -0.25) is 24.5 Å². The number of aromatic amines is 1. The molecular formula is C37H39N5O8. The summed E-state index contributed by atoms with van der Waals surface area (Å²) < 4.78 is 32.7. The van der Waals surface area contributed by atoms with Crippen molar-refractivity contribution in [2.45, 2.75) is 56.5 Å². The minimum Gasteiger partial charge on any atom is -0.497 e. The van der Waals surface area contributed by atoms with Crippen LogP contribution in [0.1, 0.15) is 43.7 Å². The van der Waals surface area contributed by atoms with Gasteiger partial charge in [0.2, 0.25) is 11.9 Å². The molecule has 2 bridgehead atoms. The number of fused-ring (bicyclic) bond motifs is 3. The van der Waals surface area contributed by atoms with E-state index in [2.05, 4.69) is 20.3 Å². The van der Waals surface area contributed by atoms with Gasteiger partial charge < -0.3 is 28.8 Å². The van der Waals surface area contributed by atoms with Crippen molar-refractivity contribution in [3.63, 3.8) is 0 Å². The average Bonchev–Trinajstić information content (AvgIpc) is 3.76. The Morgan fingerprint density at radius 2 is 1.60 bits per heavy atom. The van der Waals surface area contributed by atoms with Crippen LogP contribution in [0.5, 0.6) is 11.5 Å². The summed E-state index contributed by atoms with van der Waals surface area (Å²) in [6.07, 6.45) is -2.03. The molecule has 1 unspecified atom stereocenters. The summed E-state index contributed by atoms with van der Waals surface area (Å²) in [5, 5.41) is 14.5. The van der Waals surface area contributed by atoms with E-state index >= 15 is 0 Å². The van der Waals surface area contributed by atoms with Crippen molar-refractivity contribution in [2.24, 2.45) is 5.92 Å². The third-order valence-corrected chi connectivity index (χ3v) is 9.64. The molecule has 13 nitrogen and oxygen atoms in total. The number of rotatable bonds is 11. The molecule has 2 saturated heterocycles. The van der Waals surface area contributed by atoms with Crippen molar-refractivity contribution >= 4 is 23.0 Å². The van der Waals surface area contributed by atoms with Gasteiger partial charge in [-0.2, -0.15) is 4.98 Å². The van der Waals surface area contributed by atoms with E-state index in [0.717, 1.165) is 16.7 Å². The number of amides is 1. The van der Waals surface area contributed by atoms with Crippen LogP contribution < -0.4 is 20.3 Å². The number of hydrogen-bond donors (Lipinski definition) is 3. The van der Waals surface area contributed by atoms with Crippen LogP contribution in [0.15, 0.2) is 90.0 Å². The number of carbonyl (C=O) groups is 1. The highest BCUT2D eigenvalue weighted by Gasteiger charge is 2.66. The molecule has 2 aromatic heterocycles. The summed E-state index contributed by atoms with van der Waals surface area (Å²) in [7, 11) is 3.23. The molecule has 5 atom stereocenters. The minimum atomic E-state index is -1.33. The van der Waals surface area contributed by atoms with Crippen LogP contribution in [0.3, 0.4) is 0 Å². The molecule has 3 aromatic carbocycles. The number of nitrogens with one attached hydrogen (secondary N) is 2. The average molecular weight is 682 g/mol. The largest absolute Gasteiger partial charge is 0.497 e. The lowest BCUT2D eigenvalue weighted by molar-refractivity contribution is -0.230. The predicted molar refractivity (Wildman–Crippen MR) is 183 cm³/mol. The summed E-state index contributed by atoms with van der Waals surface area (Å²) in [5.74, 6) is 0.709. The number of anilines is 1. The third kappa shape index (κ3) is 5.42. The van der Waals surface area contributed by atoms with Gasteiger partial charge in [0.1, 0.15) is 34.9 Å². The number of imidazole rings is 1. The summed E-state index contributed by atoms with van der Waals surface area (Å²) in [5.41, 5.74) is -0.339. The van der Waals surface area contributed by atoms with Gasteiger partial charge in [-0.15, -0.1) is 0 Å². The molecule has 0 saturated carbocycles. The second-order valence-corrected chi connectivity index (χ2v) is 12.8. The van der Waals surface area contributed by atoms with Crippen LogP contribution in [0.2, 0.25) is 0 Å². The Morgan fingerprint density at radius 3 is 2.18 bits per heavy atom. The van der Waals surface area contributed by atoms with Gasteiger partial charge in [0, 0.05) is 5.92 Å². The molecule has 1 amide bonds. The van der Waals surface area contributed by atoms with Gasteiger partial charge in [-0.25, -0.2) is 4.98 Å². The van der Waals surface area contributed by atoms with Gasteiger partial charge in [-0.05, 0) is 47.9 Å². The molecule has 0 spiro atoms. The third-order valence-electron chi connectivity index (χ3n) is 9.64. The molecule has 50 heavy (non-hydrogen) atoms. The van der Waals surface area contributed by atoms with Gasteiger partial charge in [0.25, 0.3) is 5.56 Å². The topological polar surface area (TPSA) is 159 Å². The van der Waals surface area contributed by atoms with Crippen LogP contribution >= 0.6 is 0 Å². The number of hydrogen-bond acceptors (Lipinski definition) is 10. The summed E-state index contributed by atoms with van der Waals surface area (Å²) in [6.45, 7) is 5.21. The van der Waals surface area contributed by atoms with Crippen molar-refractivity contribution in [2.75, 3.05) is 26.1 Å². The number of H-pyrrole nitrogens is 1. The Morgan fingerprint density at radius 1 is 1.00 bits per heavy atom. The van der Waals surface area contributed by atoms with Gasteiger partial charge >= 0.3 is 0 Å². The van der Waals surface area contributed by atoms with Crippen molar-refractivity contribution in [3.8, 4) is 11.5 Å². The first-order valence-electron chi connectivity index (χ1n) is 16.4. The SMILES string of the molecule is COc1ccc(C(OC[C@]23O[C@@H](n4cnc5c(=O)[nH]c(NC(=O)C(C)C)nc54)[C@@H](O[C@H]2C)C3O)(c2ccccc2)c2ccc(OC)cc2)cc1. The van der Waals surface area contributed by atoms with Gasteiger partial charge in [0.15, 0.2) is 17.4 Å². The molecule has 260 valence electrons. The van der Waals surface area contributed by atoms with E-state index in [1.807, 2.05) is 85.8 Å². The molecule has 4 heterocycles. The van der Waals surface area contributed by atoms with Gasteiger partial charge in [0.05, 0.1) is 33.3 Å². The van der Waals surface area contributed by atoms with Gasteiger partial charge in [-0.1, -0.05) is 68.4 Å². The van der Waals surface area contributed by atoms with Crippen molar-refractivity contribution in [1.82, 2.24) is 19.5 Å². The standard InChI is InChI=1S/C37H39N5O8/c1-21(2)32(44)40-35-39-31-28(33(45)41-35)38-20-42(31)34-29-30(43)36(50-34,22(3)49-29)19-48-37(23-9-7-6-8-10-23,24-11-15-26(46-4)16-12-24)25-13-17-27(47-5)18-14-25/h6-18,20-22,29-30,34,43H,19H2,1-5H3,(H2,39,40,41,44,45)/t22-,29-,30?,34+,36-/m0/s1.